The molecule has 1 heterocycles. The van der Waals surface area contributed by atoms with Gasteiger partial charge in [0.2, 0.25) is 0 Å². The largest absolute Gasteiger partial charge is 0.445 e. The number of amides is 1. The monoisotopic (exact) mass is 162 g/mol. The number of hydrogen-bond acceptors (Lipinski definition) is 3. The van der Waals surface area contributed by atoms with E-state index in [1.54, 1.807) is 0 Å². The molecule has 0 spiro atoms. The molecule has 0 radical (unpaired) electrons. The van der Waals surface area contributed by atoms with E-state index in [2.05, 4.69) is 10.1 Å². The van der Waals surface area contributed by atoms with Crippen LogP contribution in [-0.4, -0.2) is 31.5 Å². The topological polar surface area (TPSA) is 64.4 Å². The Morgan fingerprint density at radius 2 is 2.36 bits per heavy atom. The molecular formula is C6H11FN2O2. The maximum absolute atomic E-state index is 12.6. The molecule has 0 bridgehead atoms. The average molecular weight is 162 g/mol. The van der Waals surface area contributed by atoms with E-state index >= 15 is 0 Å². The van der Waals surface area contributed by atoms with Crippen LogP contribution in [0.25, 0.3) is 0 Å². The summed E-state index contributed by atoms with van der Waals surface area (Å²) in [6.07, 6.45) is -1.94. The molecule has 0 aromatic heterocycles. The van der Waals surface area contributed by atoms with Gasteiger partial charge in [0.15, 0.2) is 0 Å². The third kappa shape index (κ3) is 2.71. The molecule has 3 N–H and O–H groups in total. The summed E-state index contributed by atoms with van der Waals surface area (Å²) in [4.78, 5) is 10.2. The molecule has 1 fully saturated rings. The Morgan fingerprint density at radius 3 is 2.91 bits per heavy atom. The molecule has 5 heteroatoms. The Balaban J connectivity index is 2.28. The second-order valence-corrected chi connectivity index (χ2v) is 2.55. The SMILES string of the molecule is NC(=O)O[C@H]1CNC[C@H](F)C1. The van der Waals surface area contributed by atoms with Gasteiger partial charge in [0.25, 0.3) is 0 Å². The summed E-state index contributed by atoms with van der Waals surface area (Å²) in [5.74, 6) is 0. The fourth-order valence-electron chi connectivity index (χ4n) is 1.11. The molecule has 0 aromatic rings. The van der Waals surface area contributed by atoms with E-state index in [1.165, 1.54) is 0 Å². The van der Waals surface area contributed by atoms with Crippen molar-refractivity contribution < 1.29 is 13.9 Å². The van der Waals surface area contributed by atoms with E-state index in [9.17, 15) is 9.18 Å². The van der Waals surface area contributed by atoms with Crippen molar-refractivity contribution in [2.24, 2.45) is 5.73 Å². The van der Waals surface area contributed by atoms with Crippen LogP contribution in [0.15, 0.2) is 0 Å². The Bertz CT molecular complexity index is 154. The lowest BCUT2D eigenvalue weighted by Crippen LogP contribution is -2.43. The maximum atomic E-state index is 12.6. The number of hydrogen-bond donors (Lipinski definition) is 2. The first-order valence-electron chi connectivity index (χ1n) is 3.49. The number of rotatable bonds is 1. The molecule has 1 saturated heterocycles. The van der Waals surface area contributed by atoms with Gasteiger partial charge in [-0.05, 0) is 0 Å². The minimum Gasteiger partial charge on any atom is -0.445 e. The summed E-state index contributed by atoms with van der Waals surface area (Å²) in [5.41, 5.74) is 4.76. The first-order chi connectivity index (χ1) is 5.18. The highest BCUT2D eigenvalue weighted by atomic mass is 19.1. The Hall–Kier alpha value is -0.840. The Labute approximate surface area is 63.9 Å². The van der Waals surface area contributed by atoms with Gasteiger partial charge in [-0.3, -0.25) is 0 Å². The fraction of sp³-hybridized carbons (Fsp3) is 0.833. The lowest BCUT2D eigenvalue weighted by molar-refractivity contribution is 0.0657. The second-order valence-electron chi connectivity index (χ2n) is 2.55. The molecule has 1 amide bonds. The van der Waals surface area contributed by atoms with Crippen LogP contribution in [0.1, 0.15) is 6.42 Å². The summed E-state index contributed by atoms with van der Waals surface area (Å²) in [6, 6.07) is 0. The Kier molecular flexibility index (Phi) is 2.64. The highest BCUT2D eigenvalue weighted by Gasteiger charge is 2.23. The van der Waals surface area contributed by atoms with Gasteiger partial charge in [-0.15, -0.1) is 0 Å². The summed E-state index contributed by atoms with van der Waals surface area (Å²) in [6.45, 7) is 0.821. The average Bonchev–Trinajstić information content (AvgIpc) is 1.85. The van der Waals surface area contributed by atoms with Gasteiger partial charge >= 0.3 is 6.09 Å². The van der Waals surface area contributed by atoms with Gasteiger partial charge in [-0.1, -0.05) is 0 Å². The third-order valence-corrected chi connectivity index (χ3v) is 1.54. The van der Waals surface area contributed by atoms with Crippen LogP contribution in [0.2, 0.25) is 0 Å². The lowest BCUT2D eigenvalue weighted by atomic mass is 10.1. The minimum atomic E-state index is -0.937. The van der Waals surface area contributed by atoms with Crippen LogP contribution in [0, 0.1) is 0 Å². The number of carbonyl (C=O) groups is 1. The number of ether oxygens (including phenoxy) is 1. The first-order valence-corrected chi connectivity index (χ1v) is 3.49. The zero-order valence-corrected chi connectivity index (χ0v) is 6.05. The second kappa shape index (κ2) is 3.52. The van der Waals surface area contributed by atoms with E-state index in [0.29, 0.717) is 13.1 Å². The number of primary amides is 1. The van der Waals surface area contributed by atoms with E-state index in [1.807, 2.05) is 0 Å². The molecule has 4 nitrogen and oxygen atoms in total. The highest BCUT2D eigenvalue weighted by Crippen LogP contribution is 2.09. The number of piperidine rings is 1. The van der Waals surface area contributed by atoms with Crippen LogP contribution in [0.3, 0.4) is 0 Å². The van der Waals surface area contributed by atoms with Gasteiger partial charge in [-0.25, -0.2) is 9.18 Å². The molecular weight excluding hydrogens is 151 g/mol. The quantitative estimate of drug-likeness (QED) is 0.560. The van der Waals surface area contributed by atoms with E-state index in [-0.39, 0.29) is 6.42 Å². The molecule has 0 saturated carbocycles. The highest BCUT2D eigenvalue weighted by molar-refractivity contribution is 5.64. The number of nitrogens with two attached hydrogens (primary N) is 1. The molecule has 2 atom stereocenters. The number of carbonyl (C=O) groups excluding carboxylic acids is 1. The van der Waals surface area contributed by atoms with Gasteiger partial charge < -0.3 is 15.8 Å². The third-order valence-electron chi connectivity index (χ3n) is 1.54. The van der Waals surface area contributed by atoms with E-state index in [0.717, 1.165) is 0 Å². The number of nitrogens with one attached hydrogen (secondary N) is 1. The molecule has 11 heavy (non-hydrogen) atoms. The molecule has 0 aliphatic carbocycles. The smallest absolute Gasteiger partial charge is 0.404 e. The van der Waals surface area contributed by atoms with Crippen LogP contribution in [-0.2, 0) is 4.74 Å². The standard InChI is InChI=1S/C6H11FN2O2/c7-4-1-5(3-9-2-4)11-6(8)10/h4-5,9H,1-3H2,(H2,8,10)/t4-,5-/m1/s1. The summed E-state index contributed by atoms with van der Waals surface area (Å²) >= 11 is 0. The van der Waals surface area contributed by atoms with Crippen molar-refractivity contribution in [3.05, 3.63) is 0 Å². The predicted octanol–water partition coefficient (Wildman–Crippen LogP) is -0.218. The van der Waals surface area contributed by atoms with E-state index in [4.69, 9.17) is 5.73 Å². The van der Waals surface area contributed by atoms with Crippen LogP contribution < -0.4 is 11.1 Å². The van der Waals surface area contributed by atoms with Crippen molar-refractivity contribution in [2.75, 3.05) is 13.1 Å². The van der Waals surface area contributed by atoms with Crippen molar-refractivity contribution in [1.29, 1.82) is 0 Å². The number of alkyl halides is 1. The predicted molar refractivity (Wildman–Crippen MR) is 36.8 cm³/mol. The molecule has 0 aromatic carbocycles. The molecule has 1 aliphatic rings. The summed E-state index contributed by atoms with van der Waals surface area (Å²) < 4.78 is 17.2. The molecule has 1 aliphatic heterocycles. The van der Waals surface area contributed by atoms with Crippen molar-refractivity contribution >= 4 is 6.09 Å². The molecule has 1 rings (SSSR count). The van der Waals surface area contributed by atoms with Crippen molar-refractivity contribution in [1.82, 2.24) is 5.32 Å². The van der Waals surface area contributed by atoms with Crippen LogP contribution in [0.4, 0.5) is 9.18 Å². The van der Waals surface area contributed by atoms with Gasteiger partial charge in [0.05, 0.1) is 0 Å². The Morgan fingerprint density at radius 1 is 1.64 bits per heavy atom. The zero-order valence-electron chi connectivity index (χ0n) is 6.05. The zero-order chi connectivity index (χ0) is 8.27. The van der Waals surface area contributed by atoms with Crippen LogP contribution in [0.5, 0.6) is 0 Å². The van der Waals surface area contributed by atoms with Crippen molar-refractivity contribution in [3.63, 3.8) is 0 Å². The molecule has 0 unspecified atom stereocenters. The minimum absolute atomic E-state index is 0.246. The van der Waals surface area contributed by atoms with Gasteiger partial charge in [0, 0.05) is 19.5 Å². The lowest BCUT2D eigenvalue weighted by Gasteiger charge is -2.24. The van der Waals surface area contributed by atoms with Gasteiger partial charge in [0.1, 0.15) is 12.3 Å². The van der Waals surface area contributed by atoms with E-state index < -0.39 is 18.4 Å². The van der Waals surface area contributed by atoms with Gasteiger partial charge in [-0.2, -0.15) is 0 Å². The fourth-order valence-corrected chi connectivity index (χ4v) is 1.11. The maximum Gasteiger partial charge on any atom is 0.404 e. The first kappa shape index (κ1) is 8.26. The van der Waals surface area contributed by atoms with Crippen molar-refractivity contribution in [2.45, 2.75) is 18.7 Å². The number of halogens is 1. The van der Waals surface area contributed by atoms with Crippen LogP contribution >= 0.6 is 0 Å². The van der Waals surface area contributed by atoms with Crippen molar-refractivity contribution in [3.8, 4) is 0 Å². The normalized spacial score (nSPS) is 31.4. The summed E-state index contributed by atoms with van der Waals surface area (Å²) in [7, 11) is 0. The molecule has 64 valence electrons. The summed E-state index contributed by atoms with van der Waals surface area (Å²) in [5, 5.41) is 2.78.